The van der Waals surface area contributed by atoms with E-state index in [-0.39, 0.29) is 0 Å². The molecule has 3 nitrogen and oxygen atoms in total. The SMILES string of the molecule is C=CCNCc1nc(Br)c2ccccn12. The van der Waals surface area contributed by atoms with E-state index in [4.69, 9.17) is 0 Å². The Kier molecular flexibility index (Phi) is 3.18. The second-order valence-electron chi connectivity index (χ2n) is 3.19. The van der Waals surface area contributed by atoms with Crippen LogP contribution < -0.4 is 5.32 Å². The molecule has 0 aliphatic heterocycles. The van der Waals surface area contributed by atoms with E-state index in [0.717, 1.165) is 29.0 Å². The average Bonchev–Trinajstić information content (AvgIpc) is 2.58. The van der Waals surface area contributed by atoms with Gasteiger partial charge in [-0.05, 0) is 28.1 Å². The molecule has 0 spiro atoms. The highest BCUT2D eigenvalue weighted by Gasteiger charge is 2.06. The normalized spacial score (nSPS) is 10.7. The fraction of sp³-hybridized carbons (Fsp3) is 0.182. The third-order valence-electron chi connectivity index (χ3n) is 2.15. The predicted octanol–water partition coefficient (Wildman–Crippen LogP) is 2.37. The molecule has 0 aliphatic carbocycles. The van der Waals surface area contributed by atoms with Crippen molar-refractivity contribution in [1.29, 1.82) is 0 Å². The first-order chi connectivity index (χ1) is 7.33. The quantitative estimate of drug-likeness (QED) is 0.680. The van der Waals surface area contributed by atoms with Crippen LogP contribution in [0.2, 0.25) is 0 Å². The van der Waals surface area contributed by atoms with E-state index in [1.54, 1.807) is 0 Å². The summed E-state index contributed by atoms with van der Waals surface area (Å²) in [6, 6.07) is 6.04. The van der Waals surface area contributed by atoms with Crippen LogP contribution in [0.15, 0.2) is 41.7 Å². The van der Waals surface area contributed by atoms with Gasteiger partial charge in [0.2, 0.25) is 0 Å². The van der Waals surface area contributed by atoms with Crippen LogP contribution in [0.3, 0.4) is 0 Å². The lowest BCUT2D eigenvalue weighted by Crippen LogP contribution is -2.14. The zero-order chi connectivity index (χ0) is 10.7. The van der Waals surface area contributed by atoms with Crippen molar-refractivity contribution in [3.05, 3.63) is 47.5 Å². The van der Waals surface area contributed by atoms with Gasteiger partial charge < -0.3 is 9.72 Å². The molecule has 2 rings (SSSR count). The van der Waals surface area contributed by atoms with Gasteiger partial charge in [-0.1, -0.05) is 12.1 Å². The van der Waals surface area contributed by atoms with E-state index >= 15 is 0 Å². The van der Waals surface area contributed by atoms with E-state index in [9.17, 15) is 0 Å². The summed E-state index contributed by atoms with van der Waals surface area (Å²) in [4.78, 5) is 4.44. The van der Waals surface area contributed by atoms with Gasteiger partial charge in [0.05, 0.1) is 12.1 Å². The smallest absolute Gasteiger partial charge is 0.132 e. The van der Waals surface area contributed by atoms with Gasteiger partial charge in [0, 0.05) is 12.7 Å². The molecule has 0 aromatic carbocycles. The maximum atomic E-state index is 4.44. The molecule has 0 atom stereocenters. The van der Waals surface area contributed by atoms with Gasteiger partial charge in [-0.2, -0.15) is 0 Å². The minimum Gasteiger partial charge on any atom is -0.306 e. The van der Waals surface area contributed by atoms with Crippen LogP contribution in [-0.4, -0.2) is 15.9 Å². The summed E-state index contributed by atoms with van der Waals surface area (Å²) in [6.45, 7) is 5.19. The minimum atomic E-state index is 0.739. The van der Waals surface area contributed by atoms with Crippen LogP contribution in [0.5, 0.6) is 0 Å². The average molecular weight is 266 g/mol. The Morgan fingerprint density at radius 3 is 3.20 bits per heavy atom. The highest BCUT2D eigenvalue weighted by molar-refractivity contribution is 9.10. The van der Waals surface area contributed by atoms with E-state index in [1.165, 1.54) is 0 Å². The molecule has 0 fully saturated rings. The molecule has 4 heteroatoms. The molecule has 0 unspecified atom stereocenters. The Hall–Kier alpha value is -1.13. The molecule has 2 heterocycles. The second-order valence-corrected chi connectivity index (χ2v) is 3.95. The molecular weight excluding hydrogens is 254 g/mol. The molecule has 78 valence electrons. The molecule has 2 aromatic rings. The van der Waals surface area contributed by atoms with Crippen LogP contribution in [0.25, 0.3) is 5.52 Å². The number of pyridine rings is 1. The lowest BCUT2D eigenvalue weighted by atomic mass is 10.4. The van der Waals surface area contributed by atoms with Gasteiger partial charge in [0.25, 0.3) is 0 Å². The third-order valence-corrected chi connectivity index (χ3v) is 2.73. The number of aromatic nitrogens is 2. The summed E-state index contributed by atoms with van der Waals surface area (Å²) in [5.41, 5.74) is 1.09. The van der Waals surface area contributed by atoms with Crippen molar-refractivity contribution in [3.63, 3.8) is 0 Å². The number of hydrogen-bond acceptors (Lipinski definition) is 2. The Balaban J connectivity index is 2.31. The molecule has 0 radical (unpaired) electrons. The highest BCUT2D eigenvalue weighted by atomic mass is 79.9. The number of nitrogens with one attached hydrogen (secondary N) is 1. The Morgan fingerprint density at radius 1 is 1.53 bits per heavy atom. The van der Waals surface area contributed by atoms with Crippen LogP contribution in [0.1, 0.15) is 5.82 Å². The maximum Gasteiger partial charge on any atom is 0.132 e. The molecule has 0 amide bonds. The monoisotopic (exact) mass is 265 g/mol. The van der Waals surface area contributed by atoms with Crippen molar-refractivity contribution in [1.82, 2.24) is 14.7 Å². The summed E-state index contributed by atoms with van der Waals surface area (Å²) in [5, 5.41) is 3.23. The first-order valence-corrected chi connectivity index (χ1v) is 5.55. The van der Waals surface area contributed by atoms with Crippen LogP contribution >= 0.6 is 15.9 Å². The van der Waals surface area contributed by atoms with Gasteiger partial charge in [-0.15, -0.1) is 6.58 Å². The lowest BCUT2D eigenvalue weighted by molar-refractivity contribution is 0.713. The maximum absolute atomic E-state index is 4.44. The number of rotatable bonds is 4. The molecule has 1 N–H and O–H groups in total. The summed E-state index contributed by atoms with van der Waals surface area (Å²) < 4.78 is 2.96. The van der Waals surface area contributed by atoms with E-state index in [2.05, 4.69) is 37.2 Å². The summed E-state index contributed by atoms with van der Waals surface area (Å²) in [7, 11) is 0. The molecule has 0 aliphatic rings. The van der Waals surface area contributed by atoms with Gasteiger partial charge >= 0.3 is 0 Å². The Bertz CT molecular complexity index is 476. The number of fused-ring (bicyclic) bond motifs is 1. The van der Waals surface area contributed by atoms with Gasteiger partial charge in [0.15, 0.2) is 0 Å². The van der Waals surface area contributed by atoms with Crippen molar-refractivity contribution < 1.29 is 0 Å². The predicted molar refractivity (Wildman–Crippen MR) is 64.8 cm³/mol. The van der Waals surface area contributed by atoms with Crippen molar-refractivity contribution in [2.45, 2.75) is 6.54 Å². The Morgan fingerprint density at radius 2 is 2.40 bits per heavy atom. The number of halogens is 1. The lowest BCUT2D eigenvalue weighted by Gasteiger charge is -2.00. The summed E-state index contributed by atoms with van der Waals surface area (Å²) in [5.74, 6) is 0.999. The largest absolute Gasteiger partial charge is 0.306 e. The third kappa shape index (κ3) is 2.11. The van der Waals surface area contributed by atoms with E-state index < -0.39 is 0 Å². The van der Waals surface area contributed by atoms with Crippen molar-refractivity contribution >= 4 is 21.4 Å². The van der Waals surface area contributed by atoms with Crippen molar-refractivity contribution in [3.8, 4) is 0 Å². The molecular formula is C11H12BrN3. The van der Waals surface area contributed by atoms with Crippen LogP contribution in [0, 0.1) is 0 Å². The fourth-order valence-electron chi connectivity index (χ4n) is 1.47. The van der Waals surface area contributed by atoms with Gasteiger partial charge in [-0.3, -0.25) is 0 Å². The number of imidazole rings is 1. The topological polar surface area (TPSA) is 29.3 Å². The molecule has 0 bridgehead atoms. The summed E-state index contributed by atoms with van der Waals surface area (Å²) >= 11 is 3.45. The zero-order valence-electron chi connectivity index (χ0n) is 8.28. The first-order valence-electron chi connectivity index (χ1n) is 4.76. The fourth-order valence-corrected chi connectivity index (χ4v) is 2.00. The number of hydrogen-bond donors (Lipinski definition) is 1. The van der Waals surface area contributed by atoms with Gasteiger partial charge in [0.1, 0.15) is 10.4 Å². The second kappa shape index (κ2) is 4.59. The van der Waals surface area contributed by atoms with Crippen LogP contribution in [-0.2, 0) is 6.54 Å². The van der Waals surface area contributed by atoms with Crippen LogP contribution in [0.4, 0.5) is 0 Å². The van der Waals surface area contributed by atoms with Gasteiger partial charge in [-0.25, -0.2) is 4.98 Å². The molecule has 0 saturated heterocycles. The molecule has 2 aromatic heterocycles. The summed E-state index contributed by atoms with van der Waals surface area (Å²) in [6.07, 6.45) is 3.85. The zero-order valence-corrected chi connectivity index (χ0v) is 9.87. The highest BCUT2D eigenvalue weighted by Crippen LogP contribution is 2.18. The van der Waals surface area contributed by atoms with E-state index in [0.29, 0.717) is 0 Å². The standard InChI is InChI=1S/C11H12BrN3/c1-2-6-13-8-10-14-11(12)9-5-3-4-7-15(9)10/h2-5,7,13H,1,6,8H2. The molecule has 0 saturated carbocycles. The van der Waals surface area contributed by atoms with Crippen molar-refractivity contribution in [2.24, 2.45) is 0 Å². The molecule has 15 heavy (non-hydrogen) atoms. The number of nitrogens with zero attached hydrogens (tertiary/aromatic N) is 2. The minimum absolute atomic E-state index is 0.739. The first kappa shape index (κ1) is 10.4. The van der Waals surface area contributed by atoms with E-state index in [1.807, 2.05) is 30.5 Å². The van der Waals surface area contributed by atoms with Crippen molar-refractivity contribution in [2.75, 3.05) is 6.54 Å². The Labute approximate surface area is 97.0 Å².